The highest BCUT2D eigenvalue weighted by atomic mass is 32.2. The molecule has 1 heterocycles. The first-order chi connectivity index (χ1) is 11.9. The summed E-state index contributed by atoms with van der Waals surface area (Å²) in [5, 5.41) is 16.7. The molecule has 132 valence electrons. The zero-order valence-corrected chi connectivity index (χ0v) is 14.3. The first-order valence-corrected chi connectivity index (χ1v) is 9.18. The number of oxime groups is 1. The van der Waals surface area contributed by atoms with Crippen LogP contribution < -0.4 is 0 Å². The summed E-state index contributed by atoms with van der Waals surface area (Å²) in [5.74, 6) is -1.26. The largest absolute Gasteiger partial charge is 0.476 e. The molecule has 1 aromatic heterocycles. The second kappa shape index (κ2) is 6.67. The number of sulfone groups is 1. The van der Waals surface area contributed by atoms with Crippen molar-refractivity contribution in [2.45, 2.75) is 29.6 Å². The van der Waals surface area contributed by atoms with Gasteiger partial charge in [0.2, 0.25) is 0 Å². The van der Waals surface area contributed by atoms with Crippen molar-refractivity contribution in [2.24, 2.45) is 12.2 Å². The molecule has 0 unspecified atom stereocenters. The second-order valence-electron chi connectivity index (χ2n) is 5.77. The third-order valence-corrected chi connectivity index (χ3v) is 6.04. The lowest BCUT2D eigenvalue weighted by Crippen LogP contribution is -2.15. The van der Waals surface area contributed by atoms with E-state index in [2.05, 4.69) is 10.3 Å². The fourth-order valence-corrected chi connectivity index (χ4v) is 3.95. The first kappa shape index (κ1) is 17.2. The Kier molecular flexibility index (Phi) is 4.58. The van der Waals surface area contributed by atoms with E-state index in [0.717, 1.165) is 0 Å². The zero-order valence-electron chi connectivity index (χ0n) is 13.5. The molecule has 1 aromatic carbocycles. The van der Waals surface area contributed by atoms with E-state index in [0.29, 0.717) is 18.5 Å². The van der Waals surface area contributed by atoms with E-state index in [1.165, 1.54) is 24.3 Å². The predicted molar refractivity (Wildman–Crippen MR) is 88.8 cm³/mol. The highest BCUT2D eigenvalue weighted by Crippen LogP contribution is 2.33. The first-order valence-electron chi connectivity index (χ1n) is 7.64. The van der Waals surface area contributed by atoms with Gasteiger partial charge in [0.05, 0.1) is 10.1 Å². The number of hydrogen-bond donors (Lipinski definition) is 1. The van der Waals surface area contributed by atoms with Crippen molar-refractivity contribution in [3.05, 3.63) is 47.8 Å². The molecular weight excluding hydrogens is 346 g/mol. The molecule has 2 aromatic rings. The van der Waals surface area contributed by atoms with Gasteiger partial charge in [-0.25, -0.2) is 13.2 Å². The van der Waals surface area contributed by atoms with Gasteiger partial charge < -0.3 is 9.94 Å². The molecule has 9 heteroatoms. The van der Waals surface area contributed by atoms with Crippen LogP contribution in [0.15, 0.2) is 46.6 Å². The molecule has 0 atom stereocenters. The van der Waals surface area contributed by atoms with E-state index in [4.69, 9.17) is 4.84 Å². The number of hydrogen-bond acceptors (Lipinski definition) is 6. The highest BCUT2D eigenvalue weighted by molar-refractivity contribution is 7.92. The maximum atomic E-state index is 12.2. The van der Waals surface area contributed by atoms with E-state index in [9.17, 15) is 18.3 Å². The second-order valence-corrected chi connectivity index (χ2v) is 8.00. The number of benzene rings is 1. The minimum absolute atomic E-state index is 0.0335. The SMILES string of the molecule is Cn1ccc(CON=C(C(=O)O)c2ccc(S(=O)(=O)C3CC3)cc2)n1. The van der Waals surface area contributed by atoms with Crippen LogP contribution in [0.1, 0.15) is 24.1 Å². The number of aryl methyl sites for hydroxylation is 1. The van der Waals surface area contributed by atoms with Crippen LogP contribution >= 0.6 is 0 Å². The van der Waals surface area contributed by atoms with Gasteiger partial charge in [0.1, 0.15) is 5.69 Å². The van der Waals surface area contributed by atoms with Gasteiger partial charge in [0, 0.05) is 18.8 Å². The van der Waals surface area contributed by atoms with Crippen molar-refractivity contribution in [1.82, 2.24) is 9.78 Å². The van der Waals surface area contributed by atoms with E-state index in [1.54, 1.807) is 24.0 Å². The average molecular weight is 363 g/mol. The fourth-order valence-electron chi connectivity index (χ4n) is 2.29. The van der Waals surface area contributed by atoms with Gasteiger partial charge in [-0.1, -0.05) is 17.3 Å². The van der Waals surface area contributed by atoms with E-state index < -0.39 is 15.8 Å². The van der Waals surface area contributed by atoms with Gasteiger partial charge in [-0.3, -0.25) is 4.68 Å². The number of aromatic nitrogens is 2. The quantitative estimate of drug-likeness (QED) is 0.587. The van der Waals surface area contributed by atoms with E-state index in [-0.39, 0.29) is 28.0 Å². The minimum Gasteiger partial charge on any atom is -0.476 e. The Bertz CT molecular complexity index is 912. The minimum atomic E-state index is -3.31. The van der Waals surface area contributed by atoms with Gasteiger partial charge in [-0.05, 0) is 31.0 Å². The number of carboxylic acids is 1. The Morgan fingerprint density at radius 1 is 1.32 bits per heavy atom. The lowest BCUT2D eigenvalue weighted by Gasteiger charge is -2.05. The van der Waals surface area contributed by atoms with Crippen molar-refractivity contribution < 1.29 is 23.2 Å². The maximum Gasteiger partial charge on any atom is 0.358 e. The molecule has 1 saturated carbocycles. The lowest BCUT2D eigenvalue weighted by atomic mass is 10.1. The number of rotatable bonds is 7. The van der Waals surface area contributed by atoms with Crippen molar-refractivity contribution in [1.29, 1.82) is 0 Å². The molecule has 25 heavy (non-hydrogen) atoms. The van der Waals surface area contributed by atoms with Crippen molar-refractivity contribution in [3.8, 4) is 0 Å². The Balaban J connectivity index is 1.76. The number of nitrogens with zero attached hydrogens (tertiary/aromatic N) is 3. The standard InChI is InChI=1S/C16H17N3O5S/c1-19-9-8-12(17-19)10-24-18-15(16(20)21)11-2-4-13(5-3-11)25(22,23)14-6-7-14/h2-5,8-9,14H,6-7,10H2,1H3,(H,20,21). The summed E-state index contributed by atoms with van der Waals surface area (Å²) in [4.78, 5) is 16.7. The monoisotopic (exact) mass is 363 g/mol. The van der Waals surface area contributed by atoms with Crippen LogP contribution in [-0.2, 0) is 33.1 Å². The lowest BCUT2D eigenvalue weighted by molar-refractivity contribution is -0.129. The van der Waals surface area contributed by atoms with Crippen molar-refractivity contribution in [2.75, 3.05) is 0 Å². The summed E-state index contributed by atoms with van der Waals surface area (Å²) < 4.78 is 25.9. The number of aliphatic carboxylic acids is 1. The number of carbonyl (C=O) groups is 1. The molecule has 0 saturated heterocycles. The topological polar surface area (TPSA) is 111 Å². The van der Waals surface area contributed by atoms with Gasteiger partial charge >= 0.3 is 5.97 Å². The molecule has 3 rings (SSSR count). The molecule has 1 aliphatic carbocycles. The molecular formula is C16H17N3O5S. The van der Waals surface area contributed by atoms with Crippen molar-refractivity contribution >= 4 is 21.5 Å². The zero-order chi connectivity index (χ0) is 18.0. The van der Waals surface area contributed by atoms with Crippen LogP contribution in [0.2, 0.25) is 0 Å². The van der Waals surface area contributed by atoms with Crippen LogP contribution in [0.4, 0.5) is 0 Å². The molecule has 0 radical (unpaired) electrons. The fraction of sp³-hybridized carbons (Fsp3) is 0.312. The summed E-state index contributed by atoms with van der Waals surface area (Å²) in [5.41, 5.74) is 0.580. The van der Waals surface area contributed by atoms with Gasteiger partial charge in [0.25, 0.3) is 0 Å². The van der Waals surface area contributed by atoms with Crippen LogP contribution in [0.5, 0.6) is 0 Å². The van der Waals surface area contributed by atoms with Gasteiger partial charge in [-0.15, -0.1) is 0 Å². The third-order valence-electron chi connectivity index (χ3n) is 3.76. The van der Waals surface area contributed by atoms with E-state index in [1.807, 2.05) is 0 Å². The summed E-state index contributed by atoms with van der Waals surface area (Å²) >= 11 is 0. The summed E-state index contributed by atoms with van der Waals surface area (Å²) in [6.45, 7) is 0.0335. The van der Waals surface area contributed by atoms with Crippen LogP contribution in [0.25, 0.3) is 0 Å². The summed E-state index contributed by atoms with van der Waals surface area (Å²) in [6, 6.07) is 7.38. The summed E-state index contributed by atoms with van der Waals surface area (Å²) in [7, 11) is -1.55. The Labute approximate surface area is 144 Å². The molecule has 1 N–H and O–H groups in total. The number of carboxylic acid groups (broad SMARTS) is 1. The van der Waals surface area contributed by atoms with Crippen LogP contribution in [0.3, 0.4) is 0 Å². The normalized spacial score (nSPS) is 15.2. The van der Waals surface area contributed by atoms with E-state index >= 15 is 0 Å². The average Bonchev–Trinajstić information content (AvgIpc) is 3.35. The predicted octanol–water partition coefficient (Wildman–Crippen LogP) is 1.36. The maximum absolute atomic E-state index is 12.2. The molecule has 1 aliphatic rings. The Morgan fingerprint density at radius 2 is 2.00 bits per heavy atom. The van der Waals surface area contributed by atoms with Gasteiger partial charge in [0.15, 0.2) is 22.2 Å². The molecule has 1 fully saturated rings. The Hall–Kier alpha value is -2.68. The molecule has 0 spiro atoms. The molecule has 0 amide bonds. The molecule has 8 nitrogen and oxygen atoms in total. The van der Waals surface area contributed by atoms with Crippen molar-refractivity contribution in [3.63, 3.8) is 0 Å². The van der Waals surface area contributed by atoms with Crippen LogP contribution in [-0.4, -0.2) is 40.2 Å². The third kappa shape index (κ3) is 3.87. The van der Waals surface area contributed by atoms with Crippen LogP contribution in [0, 0.1) is 0 Å². The van der Waals surface area contributed by atoms with Gasteiger partial charge in [-0.2, -0.15) is 5.10 Å². The summed E-state index contributed by atoms with van der Waals surface area (Å²) in [6.07, 6.45) is 3.08. The molecule has 0 bridgehead atoms. The smallest absolute Gasteiger partial charge is 0.358 e. The molecule has 0 aliphatic heterocycles. The highest BCUT2D eigenvalue weighted by Gasteiger charge is 2.36. The Morgan fingerprint density at radius 3 is 2.52 bits per heavy atom.